The van der Waals surface area contributed by atoms with Crippen LogP contribution in [0.2, 0.25) is 0 Å². The lowest BCUT2D eigenvalue weighted by molar-refractivity contribution is -0.130. The average molecular weight is 413 g/mol. The molecule has 1 fully saturated rings. The van der Waals surface area contributed by atoms with Crippen LogP contribution in [0.5, 0.6) is 0 Å². The molecule has 28 heavy (non-hydrogen) atoms. The molecule has 1 saturated carbocycles. The van der Waals surface area contributed by atoms with Gasteiger partial charge in [0.25, 0.3) is 5.92 Å². The van der Waals surface area contributed by atoms with Gasteiger partial charge in [-0.3, -0.25) is 9.78 Å². The molecule has 1 aliphatic carbocycles. The van der Waals surface area contributed by atoms with Crippen molar-refractivity contribution >= 4 is 23.4 Å². The van der Waals surface area contributed by atoms with E-state index < -0.39 is 48.4 Å². The van der Waals surface area contributed by atoms with Crippen molar-refractivity contribution in [3.05, 3.63) is 53.9 Å². The SMILES string of the molecule is CSc1cccnc1C(C(=O)NC1CC(F)(F)C1)N(C)c1cc(F)cc(F)c1. The van der Waals surface area contributed by atoms with E-state index in [2.05, 4.69) is 10.3 Å². The van der Waals surface area contributed by atoms with Gasteiger partial charge in [-0.2, -0.15) is 0 Å². The van der Waals surface area contributed by atoms with Gasteiger partial charge in [0.05, 0.1) is 5.69 Å². The van der Waals surface area contributed by atoms with Crippen LogP contribution in [0.4, 0.5) is 23.2 Å². The summed E-state index contributed by atoms with van der Waals surface area (Å²) in [6.07, 6.45) is 2.46. The predicted molar refractivity (Wildman–Crippen MR) is 99.6 cm³/mol. The van der Waals surface area contributed by atoms with Crippen LogP contribution in [0.15, 0.2) is 41.4 Å². The lowest BCUT2D eigenvalue weighted by Gasteiger charge is -2.37. The van der Waals surface area contributed by atoms with Crippen molar-refractivity contribution in [3.63, 3.8) is 0 Å². The monoisotopic (exact) mass is 413 g/mol. The number of hydrogen-bond donors (Lipinski definition) is 1. The highest BCUT2D eigenvalue weighted by Gasteiger charge is 2.46. The first-order valence-electron chi connectivity index (χ1n) is 8.56. The molecule has 1 aliphatic rings. The number of pyridine rings is 1. The maximum atomic E-state index is 13.7. The molecule has 0 spiro atoms. The van der Waals surface area contributed by atoms with E-state index in [0.29, 0.717) is 10.6 Å². The Morgan fingerprint density at radius 1 is 1.29 bits per heavy atom. The fourth-order valence-electron chi connectivity index (χ4n) is 3.20. The number of amides is 1. The molecule has 150 valence electrons. The zero-order valence-corrected chi connectivity index (χ0v) is 16.1. The zero-order chi connectivity index (χ0) is 20.5. The van der Waals surface area contributed by atoms with E-state index in [1.807, 2.05) is 6.26 Å². The lowest BCUT2D eigenvalue weighted by Crippen LogP contribution is -2.53. The summed E-state index contributed by atoms with van der Waals surface area (Å²) in [5, 5.41) is 2.60. The Hall–Kier alpha value is -2.29. The van der Waals surface area contributed by atoms with Gasteiger partial charge in [0, 0.05) is 48.8 Å². The van der Waals surface area contributed by atoms with Crippen LogP contribution in [0.25, 0.3) is 0 Å². The van der Waals surface area contributed by atoms with Crippen LogP contribution in [0.3, 0.4) is 0 Å². The Balaban J connectivity index is 1.95. The molecule has 2 aromatic rings. The Bertz CT molecular complexity index is 852. The highest BCUT2D eigenvalue weighted by atomic mass is 32.2. The highest BCUT2D eigenvalue weighted by Crippen LogP contribution is 2.38. The number of hydrogen-bond acceptors (Lipinski definition) is 4. The fourth-order valence-corrected chi connectivity index (χ4v) is 3.79. The molecule has 3 rings (SSSR count). The number of thioether (sulfide) groups is 1. The van der Waals surface area contributed by atoms with Crippen LogP contribution in [-0.2, 0) is 4.79 Å². The van der Waals surface area contributed by atoms with Crippen molar-refractivity contribution < 1.29 is 22.4 Å². The van der Waals surface area contributed by atoms with E-state index in [1.165, 1.54) is 29.9 Å². The minimum Gasteiger partial charge on any atom is -0.358 e. The summed E-state index contributed by atoms with van der Waals surface area (Å²) in [5.74, 6) is -4.90. The van der Waals surface area contributed by atoms with Crippen molar-refractivity contribution in [1.29, 1.82) is 0 Å². The van der Waals surface area contributed by atoms with Crippen molar-refractivity contribution in [2.45, 2.75) is 35.7 Å². The standard InChI is InChI=1S/C19H19F4N3OS/c1-26(14-7-11(20)6-12(21)8-14)17(16-15(28-2)4-3-5-24-16)18(27)25-13-9-19(22,23)10-13/h3-8,13,17H,9-10H2,1-2H3,(H,25,27). The maximum Gasteiger partial charge on any atom is 0.252 e. The summed E-state index contributed by atoms with van der Waals surface area (Å²) in [7, 11) is 1.51. The molecule has 1 N–H and O–H groups in total. The van der Waals surface area contributed by atoms with Gasteiger partial charge >= 0.3 is 0 Å². The quantitative estimate of drug-likeness (QED) is 0.570. The molecular weight excluding hydrogens is 394 g/mol. The minimum absolute atomic E-state index is 0.134. The van der Waals surface area contributed by atoms with Crippen molar-refractivity contribution in [2.24, 2.45) is 0 Å². The van der Waals surface area contributed by atoms with E-state index in [4.69, 9.17) is 0 Å². The Morgan fingerprint density at radius 3 is 2.50 bits per heavy atom. The summed E-state index contributed by atoms with van der Waals surface area (Å²) >= 11 is 1.36. The van der Waals surface area contributed by atoms with Crippen LogP contribution in [0.1, 0.15) is 24.6 Å². The summed E-state index contributed by atoms with van der Waals surface area (Å²) in [6.45, 7) is 0. The third kappa shape index (κ3) is 4.40. The van der Waals surface area contributed by atoms with E-state index in [1.54, 1.807) is 12.1 Å². The largest absolute Gasteiger partial charge is 0.358 e. The molecule has 0 aliphatic heterocycles. The minimum atomic E-state index is -2.78. The molecule has 1 aromatic carbocycles. The predicted octanol–water partition coefficient (Wildman–Crippen LogP) is 4.17. The molecule has 0 bridgehead atoms. The molecule has 0 saturated heterocycles. The molecular formula is C19H19F4N3OS. The molecule has 1 heterocycles. The number of nitrogens with zero attached hydrogens (tertiary/aromatic N) is 2. The second-order valence-corrected chi connectivity index (χ2v) is 7.55. The first-order chi connectivity index (χ1) is 13.2. The van der Waals surface area contributed by atoms with Gasteiger partial charge in [-0.15, -0.1) is 11.8 Å². The van der Waals surface area contributed by atoms with Gasteiger partial charge in [0.1, 0.15) is 11.6 Å². The van der Waals surface area contributed by atoms with Crippen molar-refractivity contribution in [2.75, 3.05) is 18.2 Å². The number of anilines is 1. The molecule has 0 radical (unpaired) electrons. The van der Waals surface area contributed by atoms with Gasteiger partial charge in [0.15, 0.2) is 6.04 Å². The van der Waals surface area contributed by atoms with Crippen molar-refractivity contribution in [3.8, 4) is 0 Å². The van der Waals surface area contributed by atoms with Crippen LogP contribution in [0, 0.1) is 11.6 Å². The number of nitrogens with one attached hydrogen (secondary N) is 1. The number of carbonyl (C=O) groups is 1. The van der Waals surface area contributed by atoms with E-state index in [0.717, 1.165) is 18.2 Å². The third-order valence-corrected chi connectivity index (χ3v) is 5.39. The molecule has 1 unspecified atom stereocenters. The maximum absolute atomic E-state index is 13.7. The number of benzene rings is 1. The van der Waals surface area contributed by atoms with E-state index in [-0.39, 0.29) is 5.69 Å². The van der Waals surface area contributed by atoms with Gasteiger partial charge in [-0.05, 0) is 30.5 Å². The molecule has 9 heteroatoms. The first kappa shape index (κ1) is 20.4. The van der Waals surface area contributed by atoms with Gasteiger partial charge in [0.2, 0.25) is 5.91 Å². The van der Waals surface area contributed by atoms with E-state index >= 15 is 0 Å². The Kier molecular flexibility index (Phi) is 5.83. The van der Waals surface area contributed by atoms with Crippen LogP contribution >= 0.6 is 11.8 Å². The summed E-state index contributed by atoms with van der Waals surface area (Å²) < 4.78 is 53.6. The molecule has 1 amide bonds. The van der Waals surface area contributed by atoms with Gasteiger partial charge in [-0.1, -0.05) is 0 Å². The first-order valence-corrected chi connectivity index (χ1v) is 9.79. The third-order valence-electron chi connectivity index (χ3n) is 4.61. The van der Waals surface area contributed by atoms with Gasteiger partial charge < -0.3 is 10.2 Å². The number of likely N-dealkylation sites (N-methyl/N-ethyl adjacent to an activating group) is 1. The Labute approximate surface area is 164 Å². The number of aromatic nitrogens is 1. The summed E-state index contributed by atoms with van der Waals surface area (Å²) in [6, 6.07) is 4.72. The number of rotatable bonds is 6. The molecule has 4 nitrogen and oxygen atoms in total. The second kappa shape index (κ2) is 7.98. The number of halogens is 4. The second-order valence-electron chi connectivity index (χ2n) is 6.70. The normalized spacial score (nSPS) is 16.9. The van der Waals surface area contributed by atoms with Crippen molar-refractivity contribution in [1.82, 2.24) is 10.3 Å². The van der Waals surface area contributed by atoms with Crippen LogP contribution in [-0.4, -0.2) is 36.2 Å². The lowest BCUT2D eigenvalue weighted by atomic mass is 9.88. The summed E-state index contributed by atoms with van der Waals surface area (Å²) in [5.41, 5.74) is 0.514. The van der Waals surface area contributed by atoms with E-state index in [9.17, 15) is 22.4 Å². The van der Waals surface area contributed by atoms with Gasteiger partial charge in [-0.25, -0.2) is 17.6 Å². The fraction of sp³-hybridized carbons (Fsp3) is 0.368. The number of carbonyl (C=O) groups excluding carboxylic acids is 1. The average Bonchev–Trinajstić information content (AvgIpc) is 2.60. The smallest absolute Gasteiger partial charge is 0.252 e. The van der Waals surface area contributed by atoms with Crippen LogP contribution < -0.4 is 10.2 Å². The molecule has 1 aromatic heterocycles. The summed E-state index contributed by atoms with van der Waals surface area (Å²) in [4.78, 5) is 19.3. The Morgan fingerprint density at radius 2 is 1.93 bits per heavy atom. The highest BCUT2D eigenvalue weighted by molar-refractivity contribution is 7.98. The molecule has 1 atom stereocenters. The topological polar surface area (TPSA) is 45.2 Å². The zero-order valence-electron chi connectivity index (χ0n) is 15.3. The number of alkyl halides is 2.